The highest BCUT2D eigenvalue weighted by Gasteiger charge is 2.48. The SMILES string of the molecule is c1ccc(-c2cc3ccccc3cc2N(c2ccc3c(c2)Sc2ccccc2C32c3ccccc3-c3cccc4cccc2c34)c2cccc3ccccc23)cc1. The monoisotopic (exact) mass is 741 g/mol. The Morgan fingerprint density at radius 2 is 0.965 bits per heavy atom. The quantitative estimate of drug-likeness (QED) is 0.177. The molecule has 2 aliphatic rings. The van der Waals surface area contributed by atoms with Gasteiger partial charge in [0.15, 0.2) is 0 Å². The zero-order chi connectivity index (χ0) is 37.5. The normalized spacial score (nSPS) is 15.0. The summed E-state index contributed by atoms with van der Waals surface area (Å²) in [5.74, 6) is 0. The molecule has 0 N–H and O–H groups in total. The van der Waals surface area contributed by atoms with Crippen molar-refractivity contribution in [3.63, 3.8) is 0 Å². The minimum absolute atomic E-state index is 0.497. The number of rotatable bonds is 4. The van der Waals surface area contributed by atoms with Gasteiger partial charge >= 0.3 is 0 Å². The van der Waals surface area contributed by atoms with Crippen molar-refractivity contribution in [2.75, 3.05) is 4.90 Å². The van der Waals surface area contributed by atoms with E-state index in [0.29, 0.717) is 0 Å². The number of anilines is 3. The molecule has 0 radical (unpaired) electrons. The lowest BCUT2D eigenvalue weighted by molar-refractivity contribution is 0.707. The predicted molar refractivity (Wildman–Crippen MR) is 241 cm³/mol. The Labute approximate surface area is 336 Å². The van der Waals surface area contributed by atoms with Crippen LogP contribution in [0.15, 0.2) is 222 Å². The van der Waals surface area contributed by atoms with Crippen LogP contribution in [-0.4, -0.2) is 0 Å². The summed E-state index contributed by atoms with van der Waals surface area (Å²) < 4.78 is 0. The van der Waals surface area contributed by atoms with Gasteiger partial charge in [0, 0.05) is 26.4 Å². The molecule has 1 unspecified atom stereocenters. The van der Waals surface area contributed by atoms with Crippen molar-refractivity contribution in [1.82, 2.24) is 0 Å². The van der Waals surface area contributed by atoms with Crippen LogP contribution in [0.3, 0.4) is 0 Å². The summed E-state index contributed by atoms with van der Waals surface area (Å²) >= 11 is 1.90. The second-order valence-electron chi connectivity index (χ2n) is 15.2. The van der Waals surface area contributed by atoms with Gasteiger partial charge in [-0.2, -0.15) is 0 Å². The Morgan fingerprint density at radius 1 is 0.351 bits per heavy atom. The van der Waals surface area contributed by atoms with E-state index < -0.39 is 5.41 Å². The van der Waals surface area contributed by atoms with Crippen LogP contribution in [0.5, 0.6) is 0 Å². The third-order valence-electron chi connectivity index (χ3n) is 12.3. The van der Waals surface area contributed by atoms with Crippen molar-refractivity contribution in [3.05, 3.63) is 235 Å². The van der Waals surface area contributed by atoms with Crippen LogP contribution in [-0.2, 0) is 5.41 Å². The Kier molecular flexibility index (Phi) is 7.14. The smallest absolute Gasteiger partial charge is 0.0735 e. The zero-order valence-electron chi connectivity index (χ0n) is 31.1. The number of hydrogen-bond acceptors (Lipinski definition) is 2. The van der Waals surface area contributed by atoms with Gasteiger partial charge in [-0.1, -0.05) is 188 Å². The standard InChI is InChI=1S/C55H35NS/c1-2-15-37(16-3-1)45-33-39-18-4-5-19-40(39)34-51(45)56(50-29-14-20-36-17-6-7-23-42(36)50)41-31-32-48-53(35-41)57-52-30-11-10-27-47(52)55(48)46-26-9-8-24-43(46)44-25-12-21-38-22-13-28-49(55)54(38)44/h1-35H. The number of nitrogens with zero attached hydrogens (tertiary/aromatic N) is 1. The van der Waals surface area contributed by atoms with Crippen LogP contribution in [0.25, 0.3) is 54.6 Å². The van der Waals surface area contributed by atoms with Gasteiger partial charge in [-0.15, -0.1) is 0 Å². The topological polar surface area (TPSA) is 3.24 Å². The Morgan fingerprint density at radius 3 is 1.84 bits per heavy atom. The van der Waals surface area contributed by atoms with E-state index in [2.05, 4.69) is 217 Å². The maximum atomic E-state index is 2.51. The lowest BCUT2D eigenvalue weighted by Crippen LogP contribution is -2.36. The Hall–Kier alpha value is -6.87. The molecule has 0 amide bonds. The van der Waals surface area contributed by atoms with Crippen LogP contribution in [0.4, 0.5) is 17.1 Å². The summed E-state index contributed by atoms with van der Waals surface area (Å²) in [5, 5.41) is 7.49. The molecule has 0 fully saturated rings. The first-order valence-electron chi connectivity index (χ1n) is 19.7. The lowest BCUT2D eigenvalue weighted by Gasteiger charge is -2.46. The second-order valence-corrected chi connectivity index (χ2v) is 16.3. The highest BCUT2D eigenvalue weighted by Crippen LogP contribution is 2.62. The van der Waals surface area contributed by atoms with E-state index in [9.17, 15) is 0 Å². The van der Waals surface area contributed by atoms with Crippen LogP contribution < -0.4 is 4.90 Å². The fourth-order valence-electron chi connectivity index (χ4n) is 9.90. The van der Waals surface area contributed by atoms with Gasteiger partial charge in [-0.05, 0) is 102 Å². The molecule has 12 rings (SSSR count). The van der Waals surface area contributed by atoms with Crippen molar-refractivity contribution in [2.24, 2.45) is 0 Å². The van der Waals surface area contributed by atoms with Crippen molar-refractivity contribution in [2.45, 2.75) is 15.2 Å². The highest BCUT2D eigenvalue weighted by atomic mass is 32.2. The molecule has 1 nitrogen and oxygen atoms in total. The molecule has 57 heavy (non-hydrogen) atoms. The third kappa shape index (κ3) is 4.72. The van der Waals surface area contributed by atoms with E-state index in [1.165, 1.54) is 86.6 Å². The van der Waals surface area contributed by atoms with E-state index in [1.807, 2.05) is 11.8 Å². The summed E-state index contributed by atoms with van der Waals surface area (Å²) in [6.07, 6.45) is 0. The van der Waals surface area contributed by atoms with Gasteiger partial charge in [0.05, 0.1) is 16.8 Å². The van der Waals surface area contributed by atoms with E-state index in [1.54, 1.807) is 0 Å². The van der Waals surface area contributed by atoms with E-state index in [0.717, 1.165) is 17.1 Å². The summed E-state index contributed by atoms with van der Waals surface area (Å²) in [6.45, 7) is 0. The maximum absolute atomic E-state index is 2.51. The van der Waals surface area contributed by atoms with Crippen LogP contribution >= 0.6 is 11.8 Å². The molecular formula is C55H35NS. The Balaban J connectivity index is 1.18. The van der Waals surface area contributed by atoms with Crippen molar-refractivity contribution in [1.29, 1.82) is 0 Å². The lowest BCUT2D eigenvalue weighted by atomic mass is 9.59. The van der Waals surface area contributed by atoms with E-state index >= 15 is 0 Å². The fraction of sp³-hybridized carbons (Fsp3) is 0.0182. The summed E-state index contributed by atoms with van der Waals surface area (Å²) in [4.78, 5) is 5.07. The average Bonchev–Trinajstić information content (AvgIpc) is 3.28. The van der Waals surface area contributed by atoms with Gasteiger partial charge in [-0.25, -0.2) is 0 Å². The maximum Gasteiger partial charge on any atom is 0.0735 e. The van der Waals surface area contributed by atoms with Gasteiger partial charge < -0.3 is 4.90 Å². The fourth-order valence-corrected chi connectivity index (χ4v) is 11.1. The van der Waals surface area contributed by atoms with Gasteiger partial charge in [-0.3, -0.25) is 0 Å². The molecule has 1 aliphatic carbocycles. The second kappa shape index (κ2) is 12.6. The molecule has 1 atom stereocenters. The highest BCUT2D eigenvalue weighted by molar-refractivity contribution is 7.99. The molecule has 2 heteroatoms. The number of benzene rings is 10. The summed E-state index contributed by atoms with van der Waals surface area (Å²) in [5.41, 5.74) is 13.3. The van der Waals surface area contributed by atoms with Gasteiger partial charge in [0.2, 0.25) is 0 Å². The first-order chi connectivity index (χ1) is 28.3. The Bertz CT molecular complexity index is 3230. The van der Waals surface area contributed by atoms with Crippen molar-refractivity contribution in [3.8, 4) is 22.3 Å². The first kappa shape index (κ1) is 32.4. The van der Waals surface area contributed by atoms with Crippen molar-refractivity contribution < 1.29 is 0 Å². The summed E-state index contributed by atoms with van der Waals surface area (Å²) in [7, 11) is 0. The largest absolute Gasteiger partial charge is 0.309 e. The molecule has 0 bridgehead atoms. The van der Waals surface area contributed by atoms with E-state index in [4.69, 9.17) is 0 Å². The van der Waals surface area contributed by atoms with Crippen molar-refractivity contribution >= 4 is 61.1 Å². The molecule has 0 aromatic heterocycles. The number of hydrogen-bond donors (Lipinski definition) is 0. The third-order valence-corrected chi connectivity index (χ3v) is 13.4. The molecule has 10 aromatic rings. The number of fused-ring (bicyclic) bond motifs is 10. The van der Waals surface area contributed by atoms with E-state index in [-0.39, 0.29) is 0 Å². The minimum atomic E-state index is -0.497. The zero-order valence-corrected chi connectivity index (χ0v) is 31.9. The predicted octanol–water partition coefficient (Wildman–Crippen LogP) is 15.1. The van der Waals surface area contributed by atoms with Gasteiger partial charge in [0.1, 0.15) is 0 Å². The van der Waals surface area contributed by atoms with Crippen LogP contribution in [0, 0.1) is 0 Å². The average molecular weight is 742 g/mol. The minimum Gasteiger partial charge on any atom is -0.309 e. The first-order valence-corrected chi connectivity index (χ1v) is 20.5. The molecule has 1 spiro atoms. The molecule has 10 aromatic carbocycles. The summed E-state index contributed by atoms with van der Waals surface area (Å²) in [6, 6.07) is 79.0. The molecule has 0 saturated heterocycles. The molecular weight excluding hydrogens is 707 g/mol. The van der Waals surface area contributed by atoms with Crippen LogP contribution in [0.1, 0.15) is 22.3 Å². The van der Waals surface area contributed by atoms with Gasteiger partial charge in [0.25, 0.3) is 0 Å². The molecule has 1 heterocycles. The van der Waals surface area contributed by atoms with Crippen LogP contribution in [0.2, 0.25) is 0 Å². The molecule has 1 aliphatic heterocycles. The molecule has 0 saturated carbocycles. The molecule has 266 valence electrons.